The molecule has 6 heteroatoms. The number of rotatable bonds is 2. The van der Waals surface area contributed by atoms with E-state index in [0.717, 1.165) is 5.34 Å². The minimum atomic E-state index is -0.182. The fourth-order valence-corrected chi connectivity index (χ4v) is 1.15. The van der Waals surface area contributed by atoms with E-state index in [1.165, 1.54) is 0 Å². The Morgan fingerprint density at radius 1 is 1.36 bits per heavy atom. The second kappa shape index (κ2) is 4.01. The summed E-state index contributed by atoms with van der Waals surface area (Å²) in [4.78, 5) is 21.3. The number of hydrazine groups is 1. The minimum absolute atomic E-state index is 0.182. The average Bonchev–Trinajstić information content (AvgIpc) is 2.59. The molecule has 0 saturated carbocycles. The first-order valence-corrected chi connectivity index (χ1v) is 5.42. The van der Waals surface area contributed by atoms with Crippen LogP contribution in [0.1, 0.15) is 0 Å². The highest BCUT2D eigenvalue weighted by Crippen LogP contribution is 2.32. The summed E-state index contributed by atoms with van der Waals surface area (Å²) in [6, 6.07) is 7.16. The van der Waals surface area contributed by atoms with Gasteiger partial charge in [-0.05, 0) is 12.1 Å². The highest BCUT2D eigenvalue weighted by molar-refractivity contribution is 14.1. The van der Waals surface area contributed by atoms with Gasteiger partial charge in [-0.2, -0.15) is 0 Å². The number of carbonyl (C=O) groups is 1. The molecule has 1 aromatic rings. The Hall–Kier alpha value is -1.02. The van der Waals surface area contributed by atoms with E-state index in [0.29, 0.717) is 15.9 Å². The molecule has 5 nitrogen and oxygen atoms in total. The number of fused-ring (bicyclic) bond motifs is 1. The first-order valence-electron chi connectivity index (χ1n) is 3.90. The van der Waals surface area contributed by atoms with E-state index in [1.54, 1.807) is 12.1 Å². The van der Waals surface area contributed by atoms with Crippen molar-refractivity contribution in [2.24, 2.45) is 0 Å². The smallest absolute Gasteiger partial charge is 0.249 e. The Kier molecular flexibility index (Phi) is 2.73. The van der Waals surface area contributed by atoms with E-state index in [9.17, 15) is 4.79 Å². The van der Waals surface area contributed by atoms with Crippen molar-refractivity contribution < 1.29 is 14.5 Å². The van der Waals surface area contributed by atoms with Gasteiger partial charge in [-0.15, -0.1) is 0 Å². The summed E-state index contributed by atoms with van der Waals surface area (Å²) < 4.78 is 0.345. The molecule has 0 unspecified atom stereocenters. The third kappa shape index (κ3) is 1.90. The van der Waals surface area contributed by atoms with Gasteiger partial charge in [0.1, 0.15) is 5.34 Å². The van der Waals surface area contributed by atoms with E-state index in [1.807, 2.05) is 34.7 Å². The maximum absolute atomic E-state index is 11.0. The second-order valence-corrected chi connectivity index (χ2v) is 3.32. The largest absolute Gasteiger partial charge is 0.349 e. The molecule has 0 atom stereocenters. The number of nitrogens with one attached hydrogen (secondary N) is 1. The van der Waals surface area contributed by atoms with Crippen LogP contribution in [0.3, 0.4) is 0 Å². The Balaban J connectivity index is 2.01. The maximum Gasteiger partial charge on any atom is 0.249 e. The first-order chi connectivity index (χ1) is 6.79. The molecule has 1 heterocycles. The Bertz CT molecular complexity index is 333. The summed E-state index contributed by atoms with van der Waals surface area (Å²) in [5.74, 6) is 0.987. The fraction of sp³-hybridized carbons (Fsp3) is 0.125. The van der Waals surface area contributed by atoms with Gasteiger partial charge in [0.05, 0.1) is 4.43 Å². The summed E-state index contributed by atoms with van der Waals surface area (Å²) in [6.07, 6.45) is 0. The minimum Gasteiger partial charge on any atom is -0.349 e. The molecule has 1 aliphatic heterocycles. The van der Waals surface area contributed by atoms with Gasteiger partial charge < -0.3 is 9.68 Å². The molecule has 0 radical (unpaired) electrons. The highest BCUT2D eigenvalue weighted by Gasteiger charge is 2.23. The van der Waals surface area contributed by atoms with Gasteiger partial charge in [-0.1, -0.05) is 34.7 Å². The summed E-state index contributed by atoms with van der Waals surface area (Å²) in [5, 5.41) is 0.950. The van der Waals surface area contributed by atoms with Gasteiger partial charge in [0.2, 0.25) is 5.91 Å². The Morgan fingerprint density at radius 3 is 2.43 bits per heavy atom. The van der Waals surface area contributed by atoms with Gasteiger partial charge in [0.25, 0.3) is 0 Å². The van der Waals surface area contributed by atoms with E-state index in [2.05, 4.69) is 5.43 Å². The molecule has 0 bridgehead atoms. The quantitative estimate of drug-likeness (QED) is 0.656. The molecule has 0 aromatic heterocycles. The molecule has 1 amide bonds. The number of carbonyl (C=O) groups excluding carboxylic acids is 1. The lowest BCUT2D eigenvalue weighted by molar-refractivity contribution is -0.259. The third-order valence-corrected chi connectivity index (χ3v) is 2.24. The van der Waals surface area contributed by atoms with Gasteiger partial charge in [0, 0.05) is 0 Å². The number of benzene rings is 1. The molecule has 1 aromatic carbocycles. The van der Waals surface area contributed by atoms with E-state index in [-0.39, 0.29) is 5.91 Å². The number of hydrogen-bond donors (Lipinski definition) is 1. The molecule has 0 saturated heterocycles. The van der Waals surface area contributed by atoms with E-state index < -0.39 is 0 Å². The van der Waals surface area contributed by atoms with Crippen molar-refractivity contribution in [3.63, 3.8) is 0 Å². The van der Waals surface area contributed by atoms with Crippen molar-refractivity contribution in [3.05, 3.63) is 24.3 Å². The van der Waals surface area contributed by atoms with Crippen molar-refractivity contribution in [1.29, 1.82) is 0 Å². The zero-order valence-corrected chi connectivity index (χ0v) is 9.22. The van der Waals surface area contributed by atoms with Crippen LogP contribution in [0.15, 0.2) is 24.3 Å². The first kappa shape index (κ1) is 9.53. The monoisotopic (exact) mass is 306 g/mol. The molecule has 2 rings (SSSR count). The van der Waals surface area contributed by atoms with Crippen molar-refractivity contribution in [2.75, 3.05) is 4.43 Å². The molecular formula is C8H7IN2O3. The van der Waals surface area contributed by atoms with Crippen LogP contribution in [0.4, 0.5) is 0 Å². The molecule has 1 aliphatic rings. The normalized spacial score (nSPS) is 14.1. The second-order valence-electron chi connectivity index (χ2n) is 2.56. The van der Waals surface area contributed by atoms with Crippen molar-refractivity contribution in [2.45, 2.75) is 0 Å². The average molecular weight is 306 g/mol. The third-order valence-electron chi connectivity index (χ3n) is 1.55. The lowest BCUT2D eigenvalue weighted by Crippen LogP contribution is -2.44. The van der Waals surface area contributed by atoms with Gasteiger partial charge in [-0.25, -0.2) is 5.43 Å². The standard InChI is InChI=1S/C8H7IN2O3/c9-5-8(12)10-11-13-6-3-1-2-4-7(6)14-11/h1-4H,5H2,(H,10,12). The topological polar surface area (TPSA) is 50.8 Å². The van der Waals surface area contributed by atoms with Crippen LogP contribution in [-0.2, 0) is 4.79 Å². The number of hydrogen-bond acceptors (Lipinski definition) is 4. The van der Waals surface area contributed by atoms with Crippen LogP contribution in [0.5, 0.6) is 11.5 Å². The molecule has 0 spiro atoms. The van der Waals surface area contributed by atoms with Crippen molar-refractivity contribution in [3.8, 4) is 11.5 Å². The number of nitrogens with zero attached hydrogens (tertiary/aromatic N) is 1. The zero-order chi connectivity index (χ0) is 9.97. The lowest BCUT2D eigenvalue weighted by atomic mass is 10.3. The number of alkyl halides is 1. The number of para-hydroxylation sites is 2. The lowest BCUT2D eigenvalue weighted by Gasteiger charge is -2.11. The van der Waals surface area contributed by atoms with Crippen LogP contribution >= 0.6 is 22.6 Å². The molecule has 0 aliphatic carbocycles. The summed E-state index contributed by atoms with van der Waals surface area (Å²) in [7, 11) is 0. The van der Waals surface area contributed by atoms with Gasteiger partial charge >= 0.3 is 0 Å². The Labute approximate surface area is 94.0 Å². The van der Waals surface area contributed by atoms with E-state index in [4.69, 9.17) is 9.68 Å². The molecular weight excluding hydrogens is 299 g/mol. The van der Waals surface area contributed by atoms with Gasteiger partial charge in [-0.3, -0.25) is 4.79 Å². The van der Waals surface area contributed by atoms with Crippen LogP contribution in [0, 0.1) is 0 Å². The van der Waals surface area contributed by atoms with Crippen LogP contribution in [0.25, 0.3) is 0 Å². The van der Waals surface area contributed by atoms with Gasteiger partial charge in [0.15, 0.2) is 11.5 Å². The summed E-state index contributed by atoms with van der Waals surface area (Å²) in [5.41, 5.74) is 2.42. The molecule has 14 heavy (non-hydrogen) atoms. The molecule has 74 valence electrons. The van der Waals surface area contributed by atoms with Crippen LogP contribution < -0.4 is 15.1 Å². The van der Waals surface area contributed by atoms with E-state index >= 15 is 0 Å². The predicted octanol–water partition coefficient (Wildman–Crippen LogP) is 1.06. The maximum atomic E-state index is 11.0. The summed E-state index contributed by atoms with van der Waals surface area (Å²) in [6.45, 7) is 0. The molecule has 1 N–H and O–H groups in total. The fourth-order valence-electron chi connectivity index (χ4n) is 0.976. The molecule has 0 fully saturated rings. The van der Waals surface area contributed by atoms with Crippen LogP contribution in [-0.4, -0.2) is 15.7 Å². The summed E-state index contributed by atoms with van der Waals surface area (Å²) >= 11 is 1.95. The predicted molar refractivity (Wildman–Crippen MR) is 56.6 cm³/mol. The Morgan fingerprint density at radius 2 is 1.93 bits per heavy atom. The highest BCUT2D eigenvalue weighted by atomic mass is 127. The number of halogens is 1. The zero-order valence-electron chi connectivity index (χ0n) is 7.07. The SMILES string of the molecule is O=C(CI)NN1Oc2ccccc2O1. The van der Waals surface area contributed by atoms with Crippen LogP contribution in [0.2, 0.25) is 0 Å². The van der Waals surface area contributed by atoms with Crippen molar-refractivity contribution >= 4 is 28.5 Å². The number of amides is 1. The van der Waals surface area contributed by atoms with Crippen molar-refractivity contribution in [1.82, 2.24) is 10.8 Å².